The Bertz CT molecular complexity index is 329. The lowest BCUT2D eigenvalue weighted by Crippen LogP contribution is -2.31. The van der Waals surface area contributed by atoms with Crippen LogP contribution in [0.5, 0.6) is 0 Å². The summed E-state index contributed by atoms with van der Waals surface area (Å²) < 4.78 is 0. The summed E-state index contributed by atoms with van der Waals surface area (Å²) in [5.74, 6) is -0.816. The van der Waals surface area contributed by atoms with Crippen molar-refractivity contribution < 1.29 is 9.90 Å². The van der Waals surface area contributed by atoms with Gasteiger partial charge in [-0.05, 0) is 18.9 Å². The smallest absolute Gasteiger partial charge is 0.314 e. The summed E-state index contributed by atoms with van der Waals surface area (Å²) in [5, 5.41) is 9.17. The van der Waals surface area contributed by atoms with Gasteiger partial charge in [0.25, 0.3) is 0 Å². The topological polar surface area (TPSA) is 37.3 Å². The van der Waals surface area contributed by atoms with Gasteiger partial charge < -0.3 is 5.11 Å². The van der Waals surface area contributed by atoms with Crippen LogP contribution in [0.2, 0.25) is 0 Å². The van der Waals surface area contributed by atoms with Crippen molar-refractivity contribution in [3.05, 3.63) is 48.6 Å². The predicted octanol–water partition coefficient (Wildman–Crippen LogP) is 2.61. The number of carboxylic acid groups (broad SMARTS) is 1. The Labute approximate surface area is 83.9 Å². The van der Waals surface area contributed by atoms with E-state index in [0.717, 1.165) is 5.56 Å². The van der Waals surface area contributed by atoms with Gasteiger partial charge in [-0.3, -0.25) is 4.79 Å². The molecular weight excluding hydrogens is 176 g/mol. The minimum atomic E-state index is -0.858. The summed E-state index contributed by atoms with van der Waals surface area (Å²) in [7, 11) is 0. The maximum absolute atomic E-state index is 11.2. The Hall–Kier alpha value is -1.57. The van der Waals surface area contributed by atoms with Crippen LogP contribution in [0.25, 0.3) is 0 Å². The molecule has 0 aliphatic heterocycles. The Morgan fingerprint density at radius 3 is 2.50 bits per heavy atom. The first-order valence-electron chi connectivity index (χ1n) is 4.51. The highest BCUT2D eigenvalue weighted by molar-refractivity contribution is 5.81. The zero-order valence-electron chi connectivity index (χ0n) is 8.23. The summed E-state index contributed by atoms with van der Waals surface area (Å²) in [4.78, 5) is 11.2. The quantitative estimate of drug-likeness (QED) is 0.741. The van der Waals surface area contributed by atoms with Crippen LogP contribution in [0, 0.1) is 0 Å². The largest absolute Gasteiger partial charge is 0.481 e. The molecule has 1 aromatic rings. The molecule has 0 radical (unpaired) electrons. The van der Waals surface area contributed by atoms with Crippen LogP contribution < -0.4 is 0 Å². The van der Waals surface area contributed by atoms with Gasteiger partial charge in [-0.1, -0.05) is 36.4 Å². The minimum Gasteiger partial charge on any atom is -0.481 e. The number of rotatable bonds is 4. The molecule has 0 aromatic heterocycles. The molecule has 2 heteroatoms. The number of allylic oxidation sites excluding steroid dienone is 1. The van der Waals surface area contributed by atoms with Crippen LogP contribution in [0.1, 0.15) is 18.9 Å². The minimum absolute atomic E-state index is 0.437. The number of hydrogen-bond donors (Lipinski definition) is 1. The fourth-order valence-electron chi connectivity index (χ4n) is 1.42. The first-order valence-corrected chi connectivity index (χ1v) is 4.51. The van der Waals surface area contributed by atoms with E-state index in [-0.39, 0.29) is 0 Å². The molecule has 1 aromatic carbocycles. The molecule has 1 atom stereocenters. The maximum atomic E-state index is 11.2. The molecule has 0 aliphatic rings. The fourth-order valence-corrected chi connectivity index (χ4v) is 1.42. The zero-order chi connectivity index (χ0) is 10.6. The molecule has 0 spiro atoms. The predicted molar refractivity (Wildman–Crippen MR) is 56.2 cm³/mol. The van der Waals surface area contributed by atoms with Crippen molar-refractivity contribution in [3.63, 3.8) is 0 Å². The van der Waals surface area contributed by atoms with Crippen molar-refractivity contribution in [1.29, 1.82) is 0 Å². The molecule has 2 nitrogen and oxygen atoms in total. The van der Waals surface area contributed by atoms with Crippen molar-refractivity contribution in [1.82, 2.24) is 0 Å². The van der Waals surface area contributed by atoms with E-state index >= 15 is 0 Å². The molecular formula is C12H14O2. The second-order valence-electron chi connectivity index (χ2n) is 3.50. The third kappa shape index (κ3) is 1.84. The Morgan fingerprint density at radius 1 is 1.50 bits per heavy atom. The highest BCUT2D eigenvalue weighted by Crippen LogP contribution is 2.27. The highest BCUT2D eigenvalue weighted by Gasteiger charge is 2.33. The molecule has 0 saturated heterocycles. The summed E-state index contributed by atoms with van der Waals surface area (Å²) >= 11 is 0. The average molecular weight is 190 g/mol. The summed E-state index contributed by atoms with van der Waals surface area (Å²) in [6.07, 6.45) is 2.08. The van der Waals surface area contributed by atoms with E-state index in [0.29, 0.717) is 6.42 Å². The van der Waals surface area contributed by atoms with Crippen molar-refractivity contribution >= 4 is 5.97 Å². The van der Waals surface area contributed by atoms with Gasteiger partial charge in [0.05, 0.1) is 5.41 Å². The molecule has 1 N–H and O–H groups in total. The van der Waals surface area contributed by atoms with E-state index in [1.807, 2.05) is 30.3 Å². The van der Waals surface area contributed by atoms with E-state index in [9.17, 15) is 4.79 Å². The lowest BCUT2D eigenvalue weighted by atomic mass is 9.80. The molecule has 0 saturated carbocycles. The summed E-state index contributed by atoms with van der Waals surface area (Å²) in [5.41, 5.74) is -0.0457. The molecule has 0 fully saturated rings. The molecule has 0 bridgehead atoms. The zero-order valence-corrected chi connectivity index (χ0v) is 8.23. The SMILES string of the molecule is C=CC[C@@](C)(C(=O)O)c1ccccc1. The highest BCUT2D eigenvalue weighted by atomic mass is 16.4. The van der Waals surface area contributed by atoms with Crippen LogP contribution in [-0.2, 0) is 10.2 Å². The van der Waals surface area contributed by atoms with Crippen LogP contribution in [0.15, 0.2) is 43.0 Å². The first kappa shape index (κ1) is 10.5. The van der Waals surface area contributed by atoms with Gasteiger partial charge in [0.2, 0.25) is 0 Å². The fraction of sp³-hybridized carbons (Fsp3) is 0.250. The molecule has 0 unspecified atom stereocenters. The van der Waals surface area contributed by atoms with Crippen LogP contribution in [0.3, 0.4) is 0 Å². The third-order valence-corrected chi connectivity index (χ3v) is 2.44. The third-order valence-electron chi connectivity index (χ3n) is 2.44. The molecule has 0 heterocycles. The monoisotopic (exact) mass is 190 g/mol. The number of carbonyl (C=O) groups is 1. The van der Waals surface area contributed by atoms with Gasteiger partial charge in [-0.15, -0.1) is 6.58 Å². The van der Waals surface area contributed by atoms with E-state index in [1.54, 1.807) is 13.0 Å². The molecule has 0 amide bonds. The number of carboxylic acids is 1. The normalized spacial score (nSPS) is 14.4. The number of benzene rings is 1. The van der Waals surface area contributed by atoms with Gasteiger partial charge in [-0.25, -0.2) is 0 Å². The van der Waals surface area contributed by atoms with E-state index in [4.69, 9.17) is 5.11 Å². The van der Waals surface area contributed by atoms with Gasteiger partial charge >= 0.3 is 5.97 Å². The van der Waals surface area contributed by atoms with Crippen LogP contribution >= 0.6 is 0 Å². The van der Waals surface area contributed by atoms with E-state index in [1.165, 1.54) is 0 Å². The van der Waals surface area contributed by atoms with Gasteiger partial charge in [0.15, 0.2) is 0 Å². The summed E-state index contributed by atoms with van der Waals surface area (Å²) in [6, 6.07) is 9.23. The summed E-state index contributed by atoms with van der Waals surface area (Å²) in [6.45, 7) is 5.30. The lowest BCUT2D eigenvalue weighted by Gasteiger charge is -2.23. The van der Waals surface area contributed by atoms with Crippen molar-refractivity contribution in [2.75, 3.05) is 0 Å². The van der Waals surface area contributed by atoms with Crippen LogP contribution in [-0.4, -0.2) is 11.1 Å². The number of aliphatic carboxylic acids is 1. The standard InChI is InChI=1S/C12H14O2/c1-3-9-12(2,11(13)14)10-7-5-4-6-8-10/h3-8H,1,9H2,2H3,(H,13,14)/t12-/m1/s1. The Morgan fingerprint density at radius 2 is 2.07 bits per heavy atom. The van der Waals surface area contributed by atoms with Gasteiger partial charge in [-0.2, -0.15) is 0 Å². The van der Waals surface area contributed by atoms with Gasteiger partial charge in [0, 0.05) is 0 Å². The van der Waals surface area contributed by atoms with Gasteiger partial charge in [0.1, 0.15) is 0 Å². The lowest BCUT2D eigenvalue weighted by molar-refractivity contribution is -0.143. The average Bonchev–Trinajstić information content (AvgIpc) is 2.19. The Balaban J connectivity index is 3.12. The molecule has 74 valence electrons. The second-order valence-corrected chi connectivity index (χ2v) is 3.50. The van der Waals surface area contributed by atoms with E-state index in [2.05, 4.69) is 6.58 Å². The van der Waals surface area contributed by atoms with E-state index < -0.39 is 11.4 Å². The second kappa shape index (κ2) is 4.09. The van der Waals surface area contributed by atoms with Crippen molar-refractivity contribution in [2.24, 2.45) is 0 Å². The number of hydrogen-bond acceptors (Lipinski definition) is 1. The Kier molecular flexibility index (Phi) is 3.07. The van der Waals surface area contributed by atoms with Crippen LogP contribution in [0.4, 0.5) is 0 Å². The van der Waals surface area contributed by atoms with Crippen molar-refractivity contribution in [3.8, 4) is 0 Å². The molecule has 1 rings (SSSR count). The molecule has 0 aliphatic carbocycles. The van der Waals surface area contributed by atoms with Crippen molar-refractivity contribution in [2.45, 2.75) is 18.8 Å². The molecule has 14 heavy (non-hydrogen) atoms. The first-order chi connectivity index (χ1) is 6.61. The maximum Gasteiger partial charge on any atom is 0.314 e.